The molecule has 0 spiro atoms. The van der Waals surface area contributed by atoms with Gasteiger partial charge in [0, 0.05) is 31.7 Å². The van der Waals surface area contributed by atoms with Crippen LogP contribution in [-0.2, 0) is 4.79 Å². The van der Waals surface area contributed by atoms with E-state index in [1.165, 1.54) is 0 Å². The smallest absolute Gasteiger partial charge is 0.234 e. The molecule has 1 saturated heterocycles. The summed E-state index contributed by atoms with van der Waals surface area (Å²) in [4.78, 5) is 20.9. The number of hydrogen-bond donors (Lipinski definition) is 2. The van der Waals surface area contributed by atoms with Crippen LogP contribution in [0.4, 0.5) is 0 Å². The molecule has 7 nitrogen and oxygen atoms in total. The highest BCUT2D eigenvalue weighted by atomic mass is 32.1. The average molecular weight is 499 g/mol. The lowest BCUT2D eigenvalue weighted by Gasteiger charge is -2.34. The number of nitrogens with zero attached hydrogens (tertiary/aromatic N) is 3. The molecular weight excluding hydrogens is 460 g/mol. The molecule has 0 saturated carbocycles. The molecule has 2 N–H and O–H groups in total. The zero-order valence-corrected chi connectivity index (χ0v) is 22.5. The second-order valence-electron chi connectivity index (χ2n) is 10.3. The molecule has 1 aliphatic rings. The van der Waals surface area contributed by atoms with Crippen LogP contribution >= 0.6 is 11.3 Å². The number of aromatic nitrogens is 2. The monoisotopic (exact) mass is 498 g/mol. The molecule has 3 rings (SSSR count). The van der Waals surface area contributed by atoms with Crippen molar-refractivity contribution in [1.82, 2.24) is 20.4 Å². The zero-order valence-electron chi connectivity index (χ0n) is 21.7. The Morgan fingerprint density at radius 2 is 2.14 bits per heavy atom. The van der Waals surface area contributed by atoms with Gasteiger partial charge in [-0.15, -0.1) is 11.3 Å². The molecule has 0 aromatic carbocycles. The molecule has 0 aliphatic carbocycles. The van der Waals surface area contributed by atoms with E-state index in [1.54, 1.807) is 11.3 Å². The lowest BCUT2D eigenvalue weighted by Crippen LogP contribution is -2.46. The summed E-state index contributed by atoms with van der Waals surface area (Å²) >= 11 is 1.59. The molecule has 3 heterocycles. The summed E-state index contributed by atoms with van der Waals surface area (Å²) < 4.78 is 5.50. The lowest BCUT2D eigenvalue weighted by atomic mass is 9.78. The van der Waals surface area contributed by atoms with Crippen LogP contribution in [0.5, 0.6) is 0 Å². The predicted molar refractivity (Wildman–Crippen MR) is 141 cm³/mol. The average Bonchev–Trinajstić information content (AvgIpc) is 3.49. The number of aliphatic hydroxyl groups is 1. The lowest BCUT2D eigenvalue weighted by molar-refractivity contribution is -0.137. The van der Waals surface area contributed by atoms with Gasteiger partial charge in [-0.2, -0.15) is 0 Å². The number of carbonyl (C=O) groups excluding carboxylic acids is 1. The Kier molecular flexibility index (Phi) is 8.85. The summed E-state index contributed by atoms with van der Waals surface area (Å²) in [5, 5.41) is 17.9. The molecule has 1 amide bonds. The fourth-order valence-corrected chi connectivity index (χ4v) is 5.25. The maximum absolute atomic E-state index is 13.7. The van der Waals surface area contributed by atoms with E-state index in [9.17, 15) is 9.90 Å². The number of nitrogens with one attached hydrogen (secondary N) is 1. The van der Waals surface area contributed by atoms with Crippen LogP contribution < -0.4 is 5.32 Å². The summed E-state index contributed by atoms with van der Waals surface area (Å²) in [6.45, 7) is 17.7. The number of hydrogen-bond acceptors (Lipinski definition) is 7. The van der Waals surface area contributed by atoms with Gasteiger partial charge in [-0.3, -0.25) is 4.79 Å². The Morgan fingerprint density at radius 3 is 2.71 bits per heavy atom. The third-order valence-electron chi connectivity index (χ3n) is 6.33. The van der Waals surface area contributed by atoms with Crippen LogP contribution in [0.25, 0.3) is 5.57 Å². The molecule has 0 bridgehead atoms. The highest BCUT2D eigenvalue weighted by molar-refractivity contribution is 7.11. The third kappa shape index (κ3) is 6.78. The Morgan fingerprint density at radius 1 is 1.40 bits per heavy atom. The maximum atomic E-state index is 13.7. The van der Waals surface area contributed by atoms with Crippen molar-refractivity contribution in [2.75, 3.05) is 19.6 Å². The minimum atomic E-state index is -0.533. The van der Waals surface area contributed by atoms with E-state index in [1.807, 2.05) is 64.1 Å². The number of likely N-dealkylation sites (tertiary alicyclic amines) is 1. The molecule has 8 heteroatoms. The molecule has 0 radical (unpaired) electrons. The first-order chi connectivity index (χ1) is 16.5. The van der Waals surface area contributed by atoms with Crippen LogP contribution in [0.2, 0.25) is 0 Å². The van der Waals surface area contributed by atoms with Gasteiger partial charge >= 0.3 is 0 Å². The third-order valence-corrected chi connectivity index (χ3v) is 7.34. The topological polar surface area (TPSA) is 91.5 Å². The SMILES string of the molecule is C=C(/C=C\C(=C/C)CNCC1CC(O)CN1C(=O)C(c1cc(C)no1)C(C)(C)C)c1scnc1C. The first-order valence-electron chi connectivity index (χ1n) is 12.1. The van der Waals surface area contributed by atoms with Gasteiger partial charge in [-0.1, -0.05) is 50.7 Å². The van der Waals surface area contributed by atoms with Crippen LogP contribution in [0, 0.1) is 19.3 Å². The zero-order chi connectivity index (χ0) is 25.8. The van der Waals surface area contributed by atoms with Crippen molar-refractivity contribution in [3.05, 3.63) is 64.0 Å². The summed E-state index contributed by atoms with van der Waals surface area (Å²) in [5.74, 6) is 0.0805. The Balaban J connectivity index is 1.63. The van der Waals surface area contributed by atoms with Gasteiger partial charge in [-0.05, 0) is 43.8 Å². The molecular formula is C27H38N4O3S. The maximum Gasteiger partial charge on any atom is 0.234 e. The molecule has 2 aromatic heterocycles. The van der Waals surface area contributed by atoms with E-state index in [4.69, 9.17) is 4.52 Å². The van der Waals surface area contributed by atoms with E-state index in [0.717, 1.165) is 27.4 Å². The van der Waals surface area contributed by atoms with E-state index >= 15 is 0 Å². The predicted octanol–water partition coefficient (Wildman–Crippen LogP) is 4.64. The molecule has 190 valence electrons. The van der Waals surface area contributed by atoms with Gasteiger partial charge in [-0.25, -0.2) is 4.98 Å². The van der Waals surface area contributed by atoms with Gasteiger partial charge in [0.05, 0.1) is 27.9 Å². The van der Waals surface area contributed by atoms with Crippen LogP contribution in [0.3, 0.4) is 0 Å². The van der Waals surface area contributed by atoms with Gasteiger partial charge in [0.2, 0.25) is 5.91 Å². The first kappa shape index (κ1) is 27.0. The number of rotatable bonds is 9. The molecule has 3 unspecified atom stereocenters. The highest BCUT2D eigenvalue weighted by Crippen LogP contribution is 2.38. The van der Waals surface area contributed by atoms with Crippen molar-refractivity contribution >= 4 is 22.8 Å². The number of aliphatic hydroxyl groups excluding tert-OH is 1. The van der Waals surface area contributed by atoms with Crippen molar-refractivity contribution in [3.8, 4) is 0 Å². The van der Waals surface area contributed by atoms with E-state index < -0.39 is 12.0 Å². The van der Waals surface area contributed by atoms with Gasteiger partial charge in [0.1, 0.15) is 11.7 Å². The summed E-state index contributed by atoms with van der Waals surface area (Å²) in [6.07, 6.45) is 6.15. The van der Waals surface area contributed by atoms with E-state index in [0.29, 0.717) is 31.8 Å². The first-order valence-corrected chi connectivity index (χ1v) is 12.9. The van der Waals surface area contributed by atoms with Crippen molar-refractivity contribution in [1.29, 1.82) is 0 Å². The van der Waals surface area contributed by atoms with E-state index in [2.05, 4.69) is 34.2 Å². The molecule has 3 atom stereocenters. The minimum Gasteiger partial charge on any atom is -0.391 e. The quantitative estimate of drug-likeness (QED) is 0.489. The number of aryl methyl sites for hydroxylation is 2. The summed E-state index contributed by atoms with van der Waals surface area (Å²) in [7, 11) is 0. The van der Waals surface area contributed by atoms with Crippen LogP contribution in [0.15, 0.2) is 46.5 Å². The second-order valence-corrected chi connectivity index (χ2v) is 11.2. The molecule has 1 fully saturated rings. The van der Waals surface area contributed by atoms with Crippen LogP contribution in [-0.4, -0.2) is 57.8 Å². The van der Waals surface area contributed by atoms with Gasteiger partial charge in [0.15, 0.2) is 0 Å². The number of amides is 1. The Hall–Kier alpha value is -2.55. The van der Waals surface area contributed by atoms with E-state index in [-0.39, 0.29) is 17.4 Å². The normalized spacial score (nSPS) is 20.1. The van der Waals surface area contributed by atoms with Crippen molar-refractivity contribution in [2.45, 2.75) is 66.0 Å². The Labute approximate surface area is 212 Å². The van der Waals surface area contributed by atoms with Crippen molar-refractivity contribution < 1.29 is 14.4 Å². The number of carbonyl (C=O) groups is 1. The van der Waals surface area contributed by atoms with Gasteiger partial charge in [0.25, 0.3) is 0 Å². The van der Waals surface area contributed by atoms with Gasteiger partial charge < -0.3 is 19.8 Å². The minimum absolute atomic E-state index is 0.0284. The fraction of sp³-hybridized carbons (Fsp3) is 0.519. The van der Waals surface area contributed by atoms with Crippen LogP contribution in [0.1, 0.15) is 62.1 Å². The standard InChI is InChI=1S/C27H38N4O3S/c1-8-20(10-9-17(2)25-19(4)29-16-35-25)13-28-14-21-12-22(32)15-31(21)26(33)24(27(5,6)7)23-11-18(3)30-34-23/h8-11,16,21-22,24,28,32H,2,12-15H2,1,3-7H3/b10-9-,20-8+. The number of allylic oxidation sites excluding steroid dienone is 3. The fourth-order valence-electron chi connectivity index (χ4n) is 4.49. The molecule has 2 aromatic rings. The van der Waals surface area contributed by atoms with Crippen molar-refractivity contribution in [2.24, 2.45) is 5.41 Å². The summed E-state index contributed by atoms with van der Waals surface area (Å²) in [6, 6.07) is 1.74. The number of thiazole rings is 1. The highest BCUT2D eigenvalue weighted by Gasteiger charge is 2.43. The second kappa shape index (κ2) is 11.5. The molecule has 35 heavy (non-hydrogen) atoms. The number of β-amino-alcohol motifs (C(OH)–C–C–N with tert-alkyl or cyclic N) is 1. The summed E-state index contributed by atoms with van der Waals surface area (Å²) in [5.41, 5.74) is 5.28. The van der Waals surface area contributed by atoms with Crippen molar-refractivity contribution in [3.63, 3.8) is 0 Å². The molecule has 1 aliphatic heterocycles. The Bertz CT molecular complexity index is 1090. The largest absolute Gasteiger partial charge is 0.391 e.